The van der Waals surface area contributed by atoms with Gasteiger partial charge >= 0.3 is 5.97 Å². The topological polar surface area (TPSA) is 71.6 Å². The summed E-state index contributed by atoms with van der Waals surface area (Å²) >= 11 is 1.54. The third-order valence-corrected chi connectivity index (χ3v) is 7.42. The van der Waals surface area contributed by atoms with Crippen LogP contribution in [0, 0.1) is 0 Å². The Hall–Kier alpha value is -3.58. The summed E-state index contributed by atoms with van der Waals surface area (Å²) in [6.07, 6.45) is 0.750. The van der Waals surface area contributed by atoms with Crippen LogP contribution >= 0.6 is 11.3 Å². The summed E-state index contributed by atoms with van der Waals surface area (Å²) in [5.74, 6) is 0.534. The number of amides is 1. The molecule has 0 saturated heterocycles. The summed E-state index contributed by atoms with van der Waals surface area (Å²) in [5, 5.41) is 0.966. The van der Waals surface area contributed by atoms with Gasteiger partial charge in [-0.1, -0.05) is 12.1 Å². The minimum absolute atomic E-state index is 0.0333. The molecule has 0 bridgehead atoms. The molecular formula is C25H20N2O4S. The maximum Gasteiger partial charge on any atom is 0.337 e. The van der Waals surface area contributed by atoms with Gasteiger partial charge in [-0.3, -0.25) is 4.79 Å². The number of nitrogens with one attached hydrogen (secondary N) is 1. The summed E-state index contributed by atoms with van der Waals surface area (Å²) in [6, 6.07) is 15.4. The molecule has 0 aliphatic carbocycles. The summed E-state index contributed by atoms with van der Waals surface area (Å²) in [4.78, 5) is 32.6. The number of carbonyl (C=O) groups excluding carboxylic acids is 2. The van der Waals surface area contributed by atoms with Crippen molar-refractivity contribution >= 4 is 34.1 Å². The quantitative estimate of drug-likeness (QED) is 0.452. The van der Waals surface area contributed by atoms with Crippen LogP contribution in [0.4, 0.5) is 0 Å². The van der Waals surface area contributed by atoms with E-state index in [2.05, 4.69) is 4.98 Å². The van der Waals surface area contributed by atoms with Crippen molar-refractivity contribution in [1.82, 2.24) is 9.88 Å². The molecule has 4 aromatic rings. The maximum absolute atomic E-state index is 13.4. The van der Waals surface area contributed by atoms with E-state index in [9.17, 15) is 9.59 Å². The third-order valence-electron chi connectivity index (χ3n) is 6.22. The summed E-state index contributed by atoms with van der Waals surface area (Å²) < 4.78 is 10.7. The fraction of sp³-hybridized carbons (Fsp3) is 0.200. The van der Waals surface area contributed by atoms with Gasteiger partial charge in [-0.2, -0.15) is 0 Å². The van der Waals surface area contributed by atoms with Crippen LogP contribution in [0.25, 0.3) is 21.3 Å². The monoisotopic (exact) mass is 444 g/mol. The Kier molecular flexibility index (Phi) is 4.33. The molecule has 4 heterocycles. The van der Waals surface area contributed by atoms with Crippen LogP contribution in [0.1, 0.15) is 36.9 Å². The number of thiophene rings is 1. The van der Waals surface area contributed by atoms with Crippen molar-refractivity contribution in [2.75, 3.05) is 13.7 Å². The zero-order chi connectivity index (χ0) is 21.8. The van der Waals surface area contributed by atoms with E-state index >= 15 is 0 Å². The van der Waals surface area contributed by atoms with Gasteiger partial charge in [0.15, 0.2) is 0 Å². The lowest BCUT2D eigenvalue weighted by molar-refractivity contribution is 0.0600. The van der Waals surface area contributed by atoms with Crippen LogP contribution in [0.15, 0.2) is 48.5 Å². The van der Waals surface area contributed by atoms with Crippen molar-refractivity contribution in [2.24, 2.45) is 0 Å². The standard InChI is InChI=1S/C25H20N2O4S/c1-30-25(29)14-6-7-19-17(10-14)18-12-27(9-8-20(18)26-19)24(28)22-11-15-13-31-21-5-3-2-4-16(21)23(15)32-22/h2-7,10-11,26H,8-9,12-13H2,1H3. The Morgan fingerprint density at radius 1 is 1.16 bits per heavy atom. The number of rotatable bonds is 2. The maximum atomic E-state index is 13.4. The van der Waals surface area contributed by atoms with Crippen molar-refractivity contribution < 1.29 is 19.1 Å². The van der Waals surface area contributed by atoms with E-state index in [1.807, 2.05) is 47.4 Å². The van der Waals surface area contributed by atoms with Crippen LogP contribution in [0.2, 0.25) is 0 Å². The minimum Gasteiger partial charge on any atom is -0.488 e. The molecule has 6 rings (SSSR count). The molecule has 32 heavy (non-hydrogen) atoms. The molecule has 2 aliphatic rings. The van der Waals surface area contributed by atoms with Gasteiger partial charge in [0.05, 0.1) is 17.6 Å². The number of esters is 1. The van der Waals surface area contributed by atoms with Gasteiger partial charge in [0.25, 0.3) is 5.91 Å². The Labute approximate surface area is 188 Å². The number of hydrogen-bond donors (Lipinski definition) is 1. The van der Waals surface area contributed by atoms with Crippen molar-refractivity contribution in [1.29, 1.82) is 0 Å². The van der Waals surface area contributed by atoms with Gasteiger partial charge in [-0.25, -0.2) is 4.79 Å². The van der Waals surface area contributed by atoms with E-state index in [-0.39, 0.29) is 11.9 Å². The van der Waals surface area contributed by atoms with Gasteiger partial charge in [0, 0.05) is 57.7 Å². The Morgan fingerprint density at radius 3 is 2.91 bits per heavy atom. The summed E-state index contributed by atoms with van der Waals surface area (Å²) in [7, 11) is 1.38. The number of methoxy groups -OCH3 is 1. The zero-order valence-corrected chi connectivity index (χ0v) is 18.3. The van der Waals surface area contributed by atoms with E-state index in [0.717, 1.165) is 55.2 Å². The molecule has 0 fully saturated rings. The molecule has 0 saturated carbocycles. The smallest absolute Gasteiger partial charge is 0.337 e. The van der Waals surface area contributed by atoms with E-state index in [0.29, 0.717) is 25.3 Å². The van der Waals surface area contributed by atoms with Crippen LogP contribution in [-0.2, 0) is 24.3 Å². The van der Waals surface area contributed by atoms with E-state index < -0.39 is 0 Å². The van der Waals surface area contributed by atoms with Crippen LogP contribution in [-0.4, -0.2) is 35.4 Å². The number of aromatic amines is 1. The normalized spacial score (nSPS) is 14.3. The molecule has 0 atom stereocenters. The van der Waals surface area contributed by atoms with Crippen molar-refractivity contribution in [3.8, 4) is 16.2 Å². The molecule has 160 valence electrons. The Balaban J connectivity index is 1.32. The van der Waals surface area contributed by atoms with E-state index in [1.165, 1.54) is 18.4 Å². The van der Waals surface area contributed by atoms with E-state index in [4.69, 9.17) is 9.47 Å². The van der Waals surface area contributed by atoms with E-state index in [1.54, 1.807) is 6.07 Å². The molecule has 6 nitrogen and oxygen atoms in total. The van der Waals surface area contributed by atoms with Gasteiger partial charge in [0.2, 0.25) is 0 Å². The SMILES string of the molecule is COC(=O)c1ccc2[nH]c3c(c2c1)CN(C(=O)c1cc2c(s1)-c1ccccc1OC2)CC3. The minimum atomic E-state index is -0.364. The first-order valence-electron chi connectivity index (χ1n) is 10.5. The molecule has 0 radical (unpaired) electrons. The van der Waals surface area contributed by atoms with Crippen molar-refractivity contribution in [3.05, 3.63) is 75.8 Å². The number of benzene rings is 2. The van der Waals surface area contributed by atoms with Crippen LogP contribution in [0.3, 0.4) is 0 Å². The largest absolute Gasteiger partial charge is 0.488 e. The molecule has 0 spiro atoms. The molecule has 1 amide bonds. The number of nitrogens with zero attached hydrogens (tertiary/aromatic N) is 1. The second kappa shape index (κ2) is 7.24. The number of aromatic nitrogens is 1. The second-order valence-corrected chi connectivity index (χ2v) is 9.11. The highest BCUT2D eigenvalue weighted by Crippen LogP contribution is 2.42. The first kappa shape index (κ1) is 19.1. The molecule has 2 aromatic heterocycles. The van der Waals surface area contributed by atoms with Gasteiger partial charge in [-0.15, -0.1) is 11.3 Å². The highest BCUT2D eigenvalue weighted by Gasteiger charge is 2.28. The first-order valence-corrected chi connectivity index (χ1v) is 11.3. The molecule has 1 N–H and O–H groups in total. The third kappa shape index (κ3) is 2.92. The predicted molar refractivity (Wildman–Crippen MR) is 122 cm³/mol. The molecule has 2 aliphatic heterocycles. The highest BCUT2D eigenvalue weighted by molar-refractivity contribution is 7.17. The average molecular weight is 445 g/mol. The highest BCUT2D eigenvalue weighted by atomic mass is 32.1. The number of carbonyl (C=O) groups is 2. The second-order valence-electron chi connectivity index (χ2n) is 8.06. The lowest BCUT2D eigenvalue weighted by Crippen LogP contribution is -2.35. The Bertz CT molecular complexity index is 1400. The average Bonchev–Trinajstić information content (AvgIpc) is 3.44. The lowest BCUT2D eigenvalue weighted by atomic mass is 10.0. The molecule has 2 aromatic carbocycles. The van der Waals surface area contributed by atoms with Gasteiger partial charge < -0.3 is 19.4 Å². The van der Waals surface area contributed by atoms with Crippen LogP contribution in [0.5, 0.6) is 5.75 Å². The number of hydrogen-bond acceptors (Lipinski definition) is 5. The van der Waals surface area contributed by atoms with Crippen molar-refractivity contribution in [2.45, 2.75) is 19.6 Å². The van der Waals surface area contributed by atoms with Gasteiger partial charge in [-0.05, 0) is 36.4 Å². The van der Waals surface area contributed by atoms with Crippen LogP contribution < -0.4 is 4.74 Å². The number of para-hydroxylation sites is 1. The Morgan fingerprint density at radius 2 is 2.03 bits per heavy atom. The van der Waals surface area contributed by atoms with Gasteiger partial charge in [0.1, 0.15) is 12.4 Å². The first-order chi connectivity index (χ1) is 15.6. The molecule has 7 heteroatoms. The number of H-pyrrole nitrogens is 1. The number of ether oxygens (including phenoxy) is 2. The fourth-order valence-electron chi connectivity index (χ4n) is 4.59. The molecule has 0 unspecified atom stereocenters. The zero-order valence-electron chi connectivity index (χ0n) is 17.4. The summed E-state index contributed by atoms with van der Waals surface area (Å²) in [5.41, 5.74) is 5.78. The predicted octanol–water partition coefficient (Wildman–Crippen LogP) is 4.77. The van der Waals surface area contributed by atoms with Crippen molar-refractivity contribution in [3.63, 3.8) is 0 Å². The number of fused-ring (bicyclic) bond motifs is 6. The lowest BCUT2D eigenvalue weighted by Gasteiger charge is -2.27. The summed E-state index contributed by atoms with van der Waals surface area (Å²) in [6.45, 7) is 1.64. The fourth-order valence-corrected chi connectivity index (χ4v) is 5.76. The molecular weight excluding hydrogens is 424 g/mol.